The van der Waals surface area contributed by atoms with Crippen molar-refractivity contribution in [3.05, 3.63) is 18.2 Å². The Morgan fingerprint density at radius 2 is 1.95 bits per heavy atom. The van der Waals surface area contributed by atoms with Crippen LogP contribution in [-0.4, -0.2) is 38.4 Å². The Balaban J connectivity index is 1.91. The van der Waals surface area contributed by atoms with Gasteiger partial charge < -0.3 is 19.7 Å². The molecule has 4 heteroatoms. The molecule has 1 aromatic carbocycles. The van der Waals surface area contributed by atoms with Gasteiger partial charge in [0.15, 0.2) is 11.5 Å². The summed E-state index contributed by atoms with van der Waals surface area (Å²) < 4.78 is 11.3. The molecule has 0 bridgehead atoms. The monoisotopic (exact) mass is 262 g/mol. The topological polar surface area (TPSA) is 33.7 Å². The third-order valence-electron chi connectivity index (χ3n) is 3.86. The fourth-order valence-electron chi connectivity index (χ4n) is 2.83. The van der Waals surface area contributed by atoms with Gasteiger partial charge in [0.25, 0.3) is 0 Å². The van der Waals surface area contributed by atoms with E-state index in [1.54, 1.807) is 0 Å². The molecule has 0 saturated carbocycles. The zero-order valence-electron chi connectivity index (χ0n) is 11.7. The third kappa shape index (κ3) is 2.50. The molecule has 2 aliphatic heterocycles. The van der Waals surface area contributed by atoms with Gasteiger partial charge in [0.1, 0.15) is 13.2 Å². The molecule has 1 saturated heterocycles. The number of hydrogen-bond donors (Lipinski definition) is 1. The molecule has 19 heavy (non-hydrogen) atoms. The molecule has 0 atom stereocenters. The summed E-state index contributed by atoms with van der Waals surface area (Å²) in [7, 11) is 0. The number of nitrogens with one attached hydrogen (secondary N) is 1. The number of anilines is 1. The van der Waals surface area contributed by atoms with E-state index in [0.29, 0.717) is 13.2 Å². The van der Waals surface area contributed by atoms with Crippen molar-refractivity contribution in [2.75, 3.05) is 37.7 Å². The van der Waals surface area contributed by atoms with E-state index in [-0.39, 0.29) is 5.54 Å². The van der Waals surface area contributed by atoms with Crippen LogP contribution in [0.2, 0.25) is 0 Å². The van der Waals surface area contributed by atoms with Gasteiger partial charge >= 0.3 is 0 Å². The second kappa shape index (κ2) is 4.93. The molecule has 2 aliphatic rings. The Kier molecular flexibility index (Phi) is 3.27. The third-order valence-corrected chi connectivity index (χ3v) is 3.86. The van der Waals surface area contributed by atoms with Crippen LogP contribution >= 0.6 is 0 Å². The number of hydrogen-bond acceptors (Lipinski definition) is 4. The number of nitrogens with zero attached hydrogens (tertiary/aromatic N) is 1. The summed E-state index contributed by atoms with van der Waals surface area (Å²) in [6.45, 7) is 9.00. The van der Waals surface area contributed by atoms with Crippen LogP contribution in [0, 0.1) is 0 Å². The lowest BCUT2D eigenvalue weighted by atomic mass is 10.0. The molecule has 3 rings (SSSR count). The van der Waals surface area contributed by atoms with Gasteiger partial charge in [-0.1, -0.05) is 0 Å². The van der Waals surface area contributed by atoms with E-state index in [1.807, 2.05) is 6.07 Å². The average Bonchev–Trinajstić information content (AvgIpc) is 2.59. The summed E-state index contributed by atoms with van der Waals surface area (Å²) in [6, 6.07) is 6.28. The Hall–Kier alpha value is -1.42. The maximum Gasteiger partial charge on any atom is 0.163 e. The molecule has 1 fully saturated rings. The normalized spacial score (nSPS) is 21.9. The molecule has 1 aromatic rings. The Labute approximate surface area is 114 Å². The summed E-state index contributed by atoms with van der Waals surface area (Å²) in [5.74, 6) is 1.73. The van der Waals surface area contributed by atoms with Gasteiger partial charge in [-0.15, -0.1) is 0 Å². The predicted molar refractivity (Wildman–Crippen MR) is 76.3 cm³/mol. The lowest BCUT2D eigenvalue weighted by Gasteiger charge is -2.39. The zero-order chi connectivity index (χ0) is 13.3. The molecule has 2 heterocycles. The van der Waals surface area contributed by atoms with Gasteiger partial charge in [0.05, 0.1) is 0 Å². The molecule has 0 radical (unpaired) electrons. The molecule has 1 N–H and O–H groups in total. The summed E-state index contributed by atoms with van der Waals surface area (Å²) in [5, 5.41) is 3.50. The van der Waals surface area contributed by atoms with Crippen LogP contribution in [0.25, 0.3) is 0 Å². The van der Waals surface area contributed by atoms with Crippen LogP contribution < -0.4 is 19.7 Å². The fourth-order valence-corrected chi connectivity index (χ4v) is 2.83. The minimum Gasteiger partial charge on any atom is -0.486 e. The van der Waals surface area contributed by atoms with E-state index in [4.69, 9.17) is 9.47 Å². The van der Waals surface area contributed by atoms with Crippen LogP contribution in [0.3, 0.4) is 0 Å². The molecule has 0 aromatic heterocycles. The molecule has 0 unspecified atom stereocenters. The fraction of sp³-hybridized carbons (Fsp3) is 0.600. The van der Waals surface area contributed by atoms with Gasteiger partial charge in [-0.2, -0.15) is 0 Å². The molecule has 0 amide bonds. The largest absolute Gasteiger partial charge is 0.486 e. The predicted octanol–water partition coefficient (Wildman–Crippen LogP) is 2.04. The van der Waals surface area contributed by atoms with E-state index in [0.717, 1.165) is 37.6 Å². The van der Waals surface area contributed by atoms with Crippen molar-refractivity contribution in [1.82, 2.24) is 5.32 Å². The van der Waals surface area contributed by atoms with Crippen LogP contribution in [0.5, 0.6) is 11.5 Å². The molecule has 0 aliphatic carbocycles. The van der Waals surface area contributed by atoms with Crippen LogP contribution in [-0.2, 0) is 0 Å². The number of fused-ring (bicyclic) bond motifs is 1. The van der Waals surface area contributed by atoms with Crippen molar-refractivity contribution in [2.24, 2.45) is 0 Å². The first-order chi connectivity index (χ1) is 9.17. The molecule has 0 spiro atoms. The van der Waals surface area contributed by atoms with E-state index < -0.39 is 0 Å². The van der Waals surface area contributed by atoms with Gasteiger partial charge in [-0.3, -0.25) is 0 Å². The Morgan fingerprint density at radius 3 is 2.79 bits per heavy atom. The SMILES string of the molecule is CC1(C)CNCCCN1c1ccc2c(c1)OCCO2. The van der Waals surface area contributed by atoms with Crippen LogP contribution in [0.15, 0.2) is 18.2 Å². The first-order valence-electron chi connectivity index (χ1n) is 7.05. The highest BCUT2D eigenvalue weighted by molar-refractivity contribution is 5.58. The zero-order valence-corrected chi connectivity index (χ0v) is 11.7. The standard InChI is InChI=1S/C15H22N2O2/c1-15(2)11-16-6-3-7-17(15)12-4-5-13-14(10-12)19-9-8-18-13/h4-5,10,16H,3,6-9,11H2,1-2H3. The smallest absolute Gasteiger partial charge is 0.163 e. The quantitative estimate of drug-likeness (QED) is 0.839. The number of ether oxygens (including phenoxy) is 2. The summed E-state index contributed by atoms with van der Waals surface area (Å²) in [6.07, 6.45) is 1.16. The minimum absolute atomic E-state index is 0.111. The van der Waals surface area contributed by atoms with E-state index in [9.17, 15) is 0 Å². The first kappa shape index (κ1) is 12.6. The lowest BCUT2D eigenvalue weighted by Crippen LogP contribution is -2.48. The second-order valence-corrected chi connectivity index (χ2v) is 5.82. The van der Waals surface area contributed by atoms with Crippen molar-refractivity contribution < 1.29 is 9.47 Å². The van der Waals surface area contributed by atoms with Crippen molar-refractivity contribution in [2.45, 2.75) is 25.8 Å². The molecule has 104 valence electrons. The maximum atomic E-state index is 5.69. The van der Waals surface area contributed by atoms with Crippen molar-refractivity contribution in [3.8, 4) is 11.5 Å². The first-order valence-corrected chi connectivity index (χ1v) is 7.05. The molecular weight excluding hydrogens is 240 g/mol. The summed E-state index contributed by atoms with van der Waals surface area (Å²) in [5.41, 5.74) is 1.33. The summed E-state index contributed by atoms with van der Waals surface area (Å²) >= 11 is 0. The van der Waals surface area contributed by atoms with Crippen molar-refractivity contribution >= 4 is 5.69 Å². The van der Waals surface area contributed by atoms with Crippen LogP contribution in [0.4, 0.5) is 5.69 Å². The lowest BCUT2D eigenvalue weighted by molar-refractivity contribution is 0.171. The number of benzene rings is 1. The molecular formula is C15H22N2O2. The highest BCUT2D eigenvalue weighted by Crippen LogP contribution is 2.36. The Morgan fingerprint density at radius 1 is 1.16 bits per heavy atom. The van der Waals surface area contributed by atoms with Crippen molar-refractivity contribution in [1.29, 1.82) is 0 Å². The average molecular weight is 262 g/mol. The second-order valence-electron chi connectivity index (χ2n) is 5.82. The van der Waals surface area contributed by atoms with Gasteiger partial charge in [-0.25, -0.2) is 0 Å². The van der Waals surface area contributed by atoms with Crippen LogP contribution in [0.1, 0.15) is 20.3 Å². The van der Waals surface area contributed by atoms with Gasteiger partial charge in [0.2, 0.25) is 0 Å². The van der Waals surface area contributed by atoms with Crippen molar-refractivity contribution in [3.63, 3.8) is 0 Å². The molecule has 4 nitrogen and oxygen atoms in total. The number of rotatable bonds is 1. The van der Waals surface area contributed by atoms with E-state index in [1.165, 1.54) is 5.69 Å². The highest BCUT2D eigenvalue weighted by atomic mass is 16.6. The summed E-state index contributed by atoms with van der Waals surface area (Å²) in [4.78, 5) is 2.46. The van der Waals surface area contributed by atoms with E-state index >= 15 is 0 Å². The van der Waals surface area contributed by atoms with Gasteiger partial charge in [-0.05, 0) is 38.9 Å². The minimum atomic E-state index is 0.111. The Bertz CT molecular complexity index is 459. The van der Waals surface area contributed by atoms with E-state index in [2.05, 4.69) is 36.2 Å². The van der Waals surface area contributed by atoms with Gasteiger partial charge in [0, 0.05) is 30.4 Å². The maximum absolute atomic E-state index is 5.69. The highest BCUT2D eigenvalue weighted by Gasteiger charge is 2.29.